The van der Waals surface area contributed by atoms with E-state index in [9.17, 15) is 9.59 Å². The van der Waals surface area contributed by atoms with Crippen LogP contribution in [-0.2, 0) is 0 Å². The third-order valence-corrected chi connectivity index (χ3v) is 4.13. The smallest absolute Gasteiger partial charge is 0.288 e. The second-order valence-electron chi connectivity index (χ2n) is 5.38. The van der Waals surface area contributed by atoms with Crippen molar-refractivity contribution in [1.29, 1.82) is 0 Å². The van der Waals surface area contributed by atoms with Gasteiger partial charge in [-0.3, -0.25) is 9.59 Å². The molecular formula is C19H14Cl2N2O3. The third-order valence-electron chi connectivity index (χ3n) is 3.57. The summed E-state index contributed by atoms with van der Waals surface area (Å²) in [6.07, 6.45) is 0.315. The van der Waals surface area contributed by atoms with Crippen LogP contribution in [0.15, 0.2) is 71.3 Å². The minimum absolute atomic E-state index is 0.0925. The van der Waals surface area contributed by atoms with Crippen molar-refractivity contribution >= 4 is 40.6 Å². The van der Waals surface area contributed by atoms with Gasteiger partial charge in [-0.05, 0) is 30.3 Å². The van der Waals surface area contributed by atoms with Gasteiger partial charge in [-0.15, -0.1) is 0 Å². The number of ketones is 1. The molecule has 3 aromatic rings. The Morgan fingerprint density at radius 1 is 0.962 bits per heavy atom. The van der Waals surface area contributed by atoms with E-state index >= 15 is 0 Å². The van der Waals surface area contributed by atoms with E-state index in [0.29, 0.717) is 21.3 Å². The van der Waals surface area contributed by atoms with Crippen molar-refractivity contribution in [1.82, 2.24) is 5.32 Å². The quantitative estimate of drug-likeness (QED) is 0.476. The van der Waals surface area contributed by atoms with Gasteiger partial charge in [0.25, 0.3) is 5.91 Å². The highest BCUT2D eigenvalue weighted by Gasteiger charge is 2.24. The van der Waals surface area contributed by atoms with E-state index in [0.717, 1.165) is 0 Å². The predicted molar refractivity (Wildman–Crippen MR) is 101 cm³/mol. The first-order valence-electron chi connectivity index (χ1n) is 7.70. The molecule has 0 bridgehead atoms. The fraction of sp³-hybridized carbons (Fsp3) is 0.0526. The maximum absolute atomic E-state index is 12.9. The lowest BCUT2D eigenvalue weighted by molar-refractivity contribution is 0.0853. The summed E-state index contributed by atoms with van der Waals surface area (Å²) >= 11 is 12.2. The van der Waals surface area contributed by atoms with Gasteiger partial charge >= 0.3 is 0 Å². The van der Waals surface area contributed by atoms with Crippen molar-refractivity contribution < 1.29 is 14.0 Å². The zero-order valence-electron chi connectivity index (χ0n) is 13.4. The van der Waals surface area contributed by atoms with Crippen molar-refractivity contribution in [3.8, 4) is 0 Å². The van der Waals surface area contributed by atoms with E-state index in [4.69, 9.17) is 27.6 Å². The van der Waals surface area contributed by atoms with Crippen LogP contribution in [0.3, 0.4) is 0 Å². The molecule has 0 radical (unpaired) electrons. The van der Waals surface area contributed by atoms with Gasteiger partial charge in [0.15, 0.2) is 11.9 Å². The molecule has 0 aliphatic carbocycles. The minimum Gasteiger partial charge on any atom is -0.459 e. The number of nitrogens with one attached hydrogen (secondary N) is 2. The molecule has 0 aliphatic heterocycles. The number of carbonyl (C=O) groups is 2. The lowest BCUT2D eigenvalue weighted by atomic mass is 10.1. The molecular weight excluding hydrogens is 375 g/mol. The molecule has 2 aromatic carbocycles. The van der Waals surface area contributed by atoms with Gasteiger partial charge in [-0.1, -0.05) is 53.5 Å². The van der Waals surface area contributed by atoms with Gasteiger partial charge in [0.05, 0.1) is 17.0 Å². The number of rotatable bonds is 6. The molecule has 5 nitrogen and oxygen atoms in total. The number of carbonyl (C=O) groups excluding carboxylic acids is 2. The average molecular weight is 389 g/mol. The molecule has 132 valence electrons. The van der Waals surface area contributed by atoms with Crippen molar-refractivity contribution in [3.63, 3.8) is 0 Å². The average Bonchev–Trinajstić information content (AvgIpc) is 3.19. The van der Waals surface area contributed by atoms with E-state index in [2.05, 4.69) is 10.6 Å². The minimum atomic E-state index is -1.06. The summed E-state index contributed by atoms with van der Waals surface area (Å²) in [4.78, 5) is 25.2. The topological polar surface area (TPSA) is 71.3 Å². The summed E-state index contributed by atoms with van der Waals surface area (Å²) in [6.45, 7) is 0. The second-order valence-corrected chi connectivity index (χ2v) is 6.23. The Labute approximate surface area is 159 Å². The normalized spacial score (nSPS) is 11.6. The molecule has 0 spiro atoms. The van der Waals surface area contributed by atoms with E-state index in [1.807, 2.05) is 0 Å². The van der Waals surface area contributed by atoms with Gasteiger partial charge in [0.1, 0.15) is 0 Å². The number of benzene rings is 2. The monoisotopic (exact) mass is 388 g/mol. The number of hydrogen-bond donors (Lipinski definition) is 2. The summed E-state index contributed by atoms with van der Waals surface area (Å²) in [5.74, 6) is -0.772. The second kappa shape index (κ2) is 8.08. The highest BCUT2D eigenvalue weighted by atomic mass is 35.5. The van der Waals surface area contributed by atoms with Crippen molar-refractivity contribution in [3.05, 3.63) is 88.3 Å². The summed E-state index contributed by atoms with van der Waals surface area (Å²) < 4.78 is 5.08. The highest BCUT2D eigenvalue weighted by molar-refractivity contribution is 6.35. The molecule has 3 rings (SSSR count). The Balaban J connectivity index is 1.89. The molecule has 1 atom stereocenters. The summed E-state index contributed by atoms with van der Waals surface area (Å²) in [6, 6.07) is 16.5. The Bertz CT molecular complexity index is 912. The SMILES string of the molecule is O=C(NC(Nc1cc(Cl)ccc1Cl)C(=O)c1ccccc1)c1ccco1. The Hall–Kier alpha value is -2.76. The van der Waals surface area contributed by atoms with Gasteiger partial charge in [-0.25, -0.2) is 0 Å². The van der Waals surface area contributed by atoms with Crippen molar-refractivity contribution in [2.45, 2.75) is 6.17 Å². The highest BCUT2D eigenvalue weighted by Crippen LogP contribution is 2.26. The zero-order valence-corrected chi connectivity index (χ0v) is 14.9. The van der Waals surface area contributed by atoms with Crippen LogP contribution in [0.5, 0.6) is 0 Å². The van der Waals surface area contributed by atoms with Crippen LogP contribution >= 0.6 is 23.2 Å². The van der Waals surface area contributed by atoms with Gasteiger partial charge in [-0.2, -0.15) is 0 Å². The Kier molecular flexibility index (Phi) is 5.61. The molecule has 1 heterocycles. The maximum Gasteiger partial charge on any atom is 0.288 e. The summed E-state index contributed by atoms with van der Waals surface area (Å²) in [5, 5.41) is 6.37. The first kappa shape index (κ1) is 18.0. The number of furan rings is 1. The maximum atomic E-state index is 12.9. The number of amides is 1. The lowest BCUT2D eigenvalue weighted by Gasteiger charge is -2.20. The molecule has 0 aliphatic rings. The molecule has 26 heavy (non-hydrogen) atoms. The third kappa shape index (κ3) is 4.25. The standard InChI is InChI=1S/C19H14Cl2N2O3/c20-13-8-9-14(21)15(11-13)22-18(17(24)12-5-2-1-3-6-12)23-19(25)16-7-4-10-26-16/h1-11,18,22H,(H,23,25). The van der Waals surface area contributed by atoms with Crippen molar-refractivity contribution in [2.75, 3.05) is 5.32 Å². The number of Topliss-reactive ketones (excluding diaryl/α,β-unsaturated/α-hetero) is 1. The molecule has 0 fully saturated rings. The largest absolute Gasteiger partial charge is 0.459 e. The van der Waals surface area contributed by atoms with Gasteiger partial charge in [0, 0.05) is 10.6 Å². The van der Waals surface area contributed by atoms with E-state index in [1.54, 1.807) is 54.6 Å². The molecule has 2 N–H and O–H groups in total. The van der Waals surface area contributed by atoms with Gasteiger partial charge < -0.3 is 15.1 Å². The predicted octanol–water partition coefficient (Wildman–Crippen LogP) is 4.64. The van der Waals surface area contributed by atoms with Crippen LogP contribution < -0.4 is 10.6 Å². The summed E-state index contributed by atoms with van der Waals surface area (Å²) in [5.41, 5.74) is 0.857. The molecule has 0 saturated heterocycles. The Morgan fingerprint density at radius 2 is 1.73 bits per heavy atom. The summed E-state index contributed by atoms with van der Waals surface area (Å²) in [7, 11) is 0. The lowest BCUT2D eigenvalue weighted by Crippen LogP contribution is -2.46. The number of anilines is 1. The van der Waals surface area contributed by atoms with Gasteiger partial charge in [0.2, 0.25) is 5.78 Å². The van der Waals surface area contributed by atoms with Crippen LogP contribution in [0, 0.1) is 0 Å². The van der Waals surface area contributed by atoms with Crippen LogP contribution in [-0.4, -0.2) is 17.9 Å². The fourth-order valence-electron chi connectivity index (χ4n) is 2.31. The van der Waals surface area contributed by atoms with Crippen LogP contribution in [0.1, 0.15) is 20.9 Å². The van der Waals surface area contributed by atoms with E-state index < -0.39 is 12.1 Å². The van der Waals surface area contributed by atoms with E-state index in [1.165, 1.54) is 12.3 Å². The zero-order chi connectivity index (χ0) is 18.5. The number of halogens is 2. The van der Waals surface area contributed by atoms with Crippen LogP contribution in [0.4, 0.5) is 5.69 Å². The number of hydrogen-bond acceptors (Lipinski definition) is 4. The molecule has 1 aromatic heterocycles. The first-order chi connectivity index (χ1) is 12.5. The van der Waals surface area contributed by atoms with Crippen molar-refractivity contribution in [2.24, 2.45) is 0 Å². The molecule has 0 saturated carbocycles. The fourth-order valence-corrected chi connectivity index (χ4v) is 2.65. The van der Waals surface area contributed by atoms with Crippen LogP contribution in [0.2, 0.25) is 10.0 Å². The molecule has 7 heteroatoms. The molecule has 1 unspecified atom stereocenters. The van der Waals surface area contributed by atoms with E-state index in [-0.39, 0.29) is 11.5 Å². The molecule has 1 amide bonds. The first-order valence-corrected chi connectivity index (χ1v) is 8.45. The van der Waals surface area contributed by atoms with Crippen LogP contribution in [0.25, 0.3) is 0 Å². The Morgan fingerprint density at radius 3 is 2.42 bits per heavy atom.